The Labute approximate surface area is 208 Å². The Morgan fingerprint density at radius 1 is 1.00 bits per heavy atom. The zero-order valence-corrected chi connectivity index (χ0v) is 20.1. The topological polar surface area (TPSA) is 115 Å². The Hall–Kier alpha value is -4.34. The lowest BCUT2D eigenvalue weighted by atomic mass is 10.1. The van der Waals surface area contributed by atoms with E-state index in [1.807, 2.05) is 26.0 Å². The molecule has 1 aliphatic rings. The fraction of sp³-hybridized carbons (Fsp3) is 0.308. The smallest absolute Gasteiger partial charge is 0.269 e. The van der Waals surface area contributed by atoms with Crippen molar-refractivity contribution in [1.82, 2.24) is 9.80 Å². The summed E-state index contributed by atoms with van der Waals surface area (Å²) in [5.74, 6) is 1.36. The van der Waals surface area contributed by atoms with Crippen molar-refractivity contribution in [3.63, 3.8) is 0 Å². The lowest BCUT2D eigenvalue weighted by molar-refractivity contribution is -0.384. The first kappa shape index (κ1) is 24.8. The Bertz CT molecular complexity index is 1220. The maximum absolute atomic E-state index is 13.5. The van der Waals surface area contributed by atoms with Crippen molar-refractivity contribution in [2.24, 2.45) is 5.92 Å². The van der Waals surface area contributed by atoms with Crippen LogP contribution in [0.15, 0.2) is 65.3 Å². The van der Waals surface area contributed by atoms with E-state index in [0.717, 1.165) is 5.56 Å². The highest BCUT2D eigenvalue weighted by Gasteiger charge is 2.25. The summed E-state index contributed by atoms with van der Waals surface area (Å²) in [6.45, 7) is 4.75. The number of carbonyl (C=O) groups excluding carboxylic acids is 2. The highest BCUT2D eigenvalue weighted by atomic mass is 16.7. The summed E-state index contributed by atoms with van der Waals surface area (Å²) in [6.07, 6.45) is 1.54. The second kappa shape index (κ2) is 10.9. The lowest BCUT2D eigenvalue weighted by Gasteiger charge is -2.28. The number of carbonyl (C=O) groups is 2. The first-order valence-electron chi connectivity index (χ1n) is 11.5. The molecule has 1 aromatic heterocycles. The quantitative estimate of drug-likeness (QED) is 0.306. The minimum Gasteiger partial charge on any atom is -0.467 e. The van der Waals surface area contributed by atoms with Crippen LogP contribution in [0.3, 0.4) is 0 Å². The van der Waals surface area contributed by atoms with Crippen molar-refractivity contribution in [3.8, 4) is 11.5 Å². The summed E-state index contributed by atoms with van der Waals surface area (Å²) in [5.41, 5.74) is 1.02. The average Bonchev–Trinajstić information content (AvgIpc) is 3.54. The maximum Gasteiger partial charge on any atom is 0.269 e. The number of ether oxygens (including phenoxy) is 2. The van der Waals surface area contributed by atoms with Crippen molar-refractivity contribution < 1.29 is 28.4 Å². The number of non-ortho nitro benzene ring substituents is 1. The molecule has 0 unspecified atom stereocenters. The van der Waals surface area contributed by atoms with E-state index in [0.29, 0.717) is 23.8 Å². The summed E-state index contributed by atoms with van der Waals surface area (Å²) < 4.78 is 16.3. The van der Waals surface area contributed by atoms with Gasteiger partial charge in [0.1, 0.15) is 12.3 Å². The summed E-state index contributed by atoms with van der Waals surface area (Å²) >= 11 is 0. The molecule has 1 aliphatic heterocycles. The molecule has 10 heteroatoms. The van der Waals surface area contributed by atoms with Crippen LogP contribution in [0.5, 0.6) is 11.5 Å². The van der Waals surface area contributed by atoms with Crippen LogP contribution in [-0.2, 0) is 17.9 Å². The van der Waals surface area contributed by atoms with Gasteiger partial charge in [-0.25, -0.2) is 0 Å². The third-order valence-corrected chi connectivity index (χ3v) is 5.61. The van der Waals surface area contributed by atoms with E-state index in [1.54, 1.807) is 29.4 Å². The van der Waals surface area contributed by atoms with Gasteiger partial charge in [0.15, 0.2) is 11.5 Å². The van der Waals surface area contributed by atoms with Crippen LogP contribution in [0, 0.1) is 16.0 Å². The number of rotatable bonds is 10. The second-order valence-electron chi connectivity index (χ2n) is 8.90. The van der Waals surface area contributed by atoms with Crippen molar-refractivity contribution >= 4 is 17.5 Å². The van der Waals surface area contributed by atoms with Gasteiger partial charge in [-0.2, -0.15) is 0 Å². The molecule has 2 aromatic carbocycles. The molecule has 188 valence electrons. The van der Waals surface area contributed by atoms with Crippen LogP contribution >= 0.6 is 0 Å². The normalized spacial score (nSPS) is 12.0. The van der Waals surface area contributed by atoms with Crippen LogP contribution in [0.4, 0.5) is 5.69 Å². The third kappa shape index (κ3) is 6.01. The van der Waals surface area contributed by atoms with E-state index in [2.05, 4.69) is 0 Å². The molecule has 2 amide bonds. The van der Waals surface area contributed by atoms with Gasteiger partial charge in [0.2, 0.25) is 12.7 Å². The lowest BCUT2D eigenvalue weighted by Crippen LogP contribution is -2.43. The molecule has 0 N–H and O–H groups in total. The van der Waals surface area contributed by atoms with Crippen molar-refractivity contribution in [2.45, 2.75) is 26.9 Å². The monoisotopic (exact) mass is 493 g/mol. The first-order chi connectivity index (χ1) is 17.3. The van der Waals surface area contributed by atoms with E-state index in [4.69, 9.17) is 13.9 Å². The summed E-state index contributed by atoms with van der Waals surface area (Å²) in [4.78, 5) is 40.3. The van der Waals surface area contributed by atoms with E-state index >= 15 is 0 Å². The molecule has 2 heterocycles. The van der Waals surface area contributed by atoms with Gasteiger partial charge in [0.25, 0.3) is 11.6 Å². The second-order valence-corrected chi connectivity index (χ2v) is 8.90. The largest absolute Gasteiger partial charge is 0.467 e. The Balaban J connectivity index is 1.54. The number of fused-ring (bicyclic) bond motifs is 1. The summed E-state index contributed by atoms with van der Waals surface area (Å²) in [5, 5.41) is 11.0. The number of nitro benzene ring substituents is 1. The van der Waals surface area contributed by atoms with Gasteiger partial charge >= 0.3 is 0 Å². The maximum atomic E-state index is 13.5. The van der Waals surface area contributed by atoms with Crippen LogP contribution < -0.4 is 9.47 Å². The van der Waals surface area contributed by atoms with Gasteiger partial charge in [-0.3, -0.25) is 19.7 Å². The minimum absolute atomic E-state index is 0.104. The number of nitrogens with zero attached hydrogens (tertiary/aromatic N) is 3. The van der Waals surface area contributed by atoms with E-state index < -0.39 is 4.92 Å². The fourth-order valence-electron chi connectivity index (χ4n) is 3.91. The van der Waals surface area contributed by atoms with E-state index in [1.165, 1.54) is 29.2 Å². The van der Waals surface area contributed by atoms with Crippen molar-refractivity contribution in [3.05, 3.63) is 87.9 Å². The molecule has 10 nitrogen and oxygen atoms in total. The molecule has 4 rings (SSSR count). The number of benzene rings is 2. The van der Waals surface area contributed by atoms with E-state index in [-0.39, 0.29) is 55.4 Å². The molecular weight excluding hydrogens is 466 g/mol. The number of furan rings is 1. The van der Waals surface area contributed by atoms with Gasteiger partial charge < -0.3 is 23.7 Å². The molecule has 0 aliphatic carbocycles. The summed E-state index contributed by atoms with van der Waals surface area (Å²) in [6, 6.07) is 14.4. The van der Waals surface area contributed by atoms with E-state index in [9.17, 15) is 19.7 Å². The van der Waals surface area contributed by atoms with Crippen LogP contribution in [0.2, 0.25) is 0 Å². The Kier molecular flexibility index (Phi) is 7.53. The molecule has 36 heavy (non-hydrogen) atoms. The van der Waals surface area contributed by atoms with Crippen LogP contribution in [0.1, 0.15) is 35.5 Å². The highest BCUT2D eigenvalue weighted by Crippen LogP contribution is 2.33. The Morgan fingerprint density at radius 2 is 1.75 bits per heavy atom. The molecule has 0 fully saturated rings. The van der Waals surface area contributed by atoms with Gasteiger partial charge in [-0.05, 0) is 47.9 Å². The van der Waals surface area contributed by atoms with Gasteiger partial charge in [0.05, 0.1) is 17.7 Å². The predicted molar refractivity (Wildman–Crippen MR) is 129 cm³/mol. The number of hydrogen-bond acceptors (Lipinski definition) is 7. The predicted octanol–water partition coefficient (Wildman–Crippen LogP) is 4.24. The SMILES string of the molecule is CC(C)CN(CC(=O)N(Cc1ccc2c(c1)OCO2)Cc1ccco1)C(=O)c1ccc([N+](=O)[O-])cc1. The Morgan fingerprint density at radius 3 is 2.42 bits per heavy atom. The average molecular weight is 494 g/mol. The highest BCUT2D eigenvalue weighted by molar-refractivity contribution is 5.96. The number of nitro groups is 1. The van der Waals surface area contributed by atoms with Crippen LogP contribution in [0.25, 0.3) is 0 Å². The van der Waals surface area contributed by atoms with Gasteiger partial charge in [-0.15, -0.1) is 0 Å². The standard InChI is InChI=1S/C26H27N3O7/c1-18(2)13-28(26(31)20-6-8-21(9-7-20)29(32)33)16-25(30)27(15-22-4-3-11-34-22)14-19-5-10-23-24(12-19)36-17-35-23/h3-12,18H,13-17H2,1-2H3. The zero-order chi connectivity index (χ0) is 25.7. The van der Waals surface area contributed by atoms with Crippen molar-refractivity contribution in [1.29, 1.82) is 0 Å². The molecule has 0 saturated heterocycles. The van der Waals surface area contributed by atoms with Gasteiger partial charge in [0, 0.05) is 30.8 Å². The molecule has 3 aromatic rings. The molecule has 0 spiro atoms. The zero-order valence-electron chi connectivity index (χ0n) is 20.1. The number of amides is 2. The van der Waals surface area contributed by atoms with Gasteiger partial charge in [-0.1, -0.05) is 19.9 Å². The van der Waals surface area contributed by atoms with Crippen LogP contribution in [-0.4, -0.2) is 46.4 Å². The first-order valence-corrected chi connectivity index (χ1v) is 11.5. The molecule has 0 saturated carbocycles. The minimum atomic E-state index is -0.522. The number of hydrogen-bond donors (Lipinski definition) is 0. The molecule has 0 radical (unpaired) electrons. The third-order valence-electron chi connectivity index (χ3n) is 5.61. The molecule has 0 bridgehead atoms. The molecule has 0 atom stereocenters. The summed E-state index contributed by atoms with van der Waals surface area (Å²) in [7, 11) is 0. The fourth-order valence-corrected chi connectivity index (χ4v) is 3.91. The van der Waals surface area contributed by atoms with Crippen molar-refractivity contribution in [2.75, 3.05) is 19.9 Å². The molecular formula is C26H27N3O7.